The highest BCUT2D eigenvalue weighted by Gasteiger charge is 2.19. The summed E-state index contributed by atoms with van der Waals surface area (Å²) < 4.78 is 31.2. The molecule has 29 heavy (non-hydrogen) atoms. The SMILES string of the molecule is Cc1cc(Cl)ccc1N(CCCC(=O)NCCOc1ccccc1Cl)S(C)(=O)=O. The molecule has 0 aliphatic carbocycles. The average Bonchev–Trinajstić information content (AvgIpc) is 2.63. The topological polar surface area (TPSA) is 75.7 Å². The third-order valence-electron chi connectivity index (χ3n) is 4.11. The van der Waals surface area contributed by atoms with Gasteiger partial charge in [0.2, 0.25) is 15.9 Å². The van der Waals surface area contributed by atoms with Gasteiger partial charge in [0, 0.05) is 18.0 Å². The first kappa shape index (κ1) is 23.3. The first-order valence-corrected chi connectivity index (χ1v) is 11.7. The molecule has 9 heteroatoms. The zero-order valence-electron chi connectivity index (χ0n) is 16.3. The van der Waals surface area contributed by atoms with Crippen LogP contribution in [0.1, 0.15) is 18.4 Å². The highest BCUT2D eigenvalue weighted by Crippen LogP contribution is 2.26. The van der Waals surface area contributed by atoms with E-state index in [1.807, 2.05) is 12.1 Å². The smallest absolute Gasteiger partial charge is 0.232 e. The lowest BCUT2D eigenvalue weighted by Gasteiger charge is -2.24. The van der Waals surface area contributed by atoms with Gasteiger partial charge < -0.3 is 10.1 Å². The Morgan fingerprint density at radius 3 is 2.55 bits per heavy atom. The molecule has 1 N–H and O–H groups in total. The number of hydrogen-bond acceptors (Lipinski definition) is 4. The molecule has 0 aromatic heterocycles. The van der Waals surface area contributed by atoms with E-state index in [9.17, 15) is 13.2 Å². The number of anilines is 1. The van der Waals surface area contributed by atoms with Gasteiger partial charge in [0.05, 0.1) is 23.5 Å². The standard InChI is InChI=1S/C20H24Cl2N2O4S/c1-15-14-16(21)9-10-18(15)24(29(2,26)27)12-5-8-20(25)23-11-13-28-19-7-4-3-6-17(19)22/h3-4,6-7,9-10,14H,5,8,11-13H2,1-2H3,(H,23,25). The fourth-order valence-electron chi connectivity index (χ4n) is 2.75. The Balaban J connectivity index is 1.80. The van der Waals surface area contributed by atoms with E-state index < -0.39 is 10.0 Å². The Labute approximate surface area is 181 Å². The quantitative estimate of drug-likeness (QED) is 0.544. The summed E-state index contributed by atoms with van der Waals surface area (Å²) in [4.78, 5) is 12.0. The first-order chi connectivity index (χ1) is 13.7. The highest BCUT2D eigenvalue weighted by atomic mass is 35.5. The monoisotopic (exact) mass is 458 g/mol. The summed E-state index contributed by atoms with van der Waals surface area (Å²) in [7, 11) is -3.48. The van der Waals surface area contributed by atoms with Crippen LogP contribution < -0.4 is 14.4 Å². The number of nitrogens with zero attached hydrogens (tertiary/aromatic N) is 1. The number of sulfonamides is 1. The number of para-hydroxylation sites is 1. The van der Waals surface area contributed by atoms with Crippen LogP contribution in [-0.4, -0.2) is 40.3 Å². The van der Waals surface area contributed by atoms with E-state index in [0.717, 1.165) is 11.8 Å². The predicted octanol–water partition coefficient (Wildman–Crippen LogP) is 4.04. The Morgan fingerprint density at radius 1 is 1.17 bits per heavy atom. The molecular formula is C20H24Cl2N2O4S. The Bertz CT molecular complexity index is 951. The lowest BCUT2D eigenvalue weighted by atomic mass is 10.2. The van der Waals surface area contributed by atoms with Crippen molar-refractivity contribution in [2.75, 3.05) is 30.3 Å². The normalized spacial score (nSPS) is 11.2. The summed E-state index contributed by atoms with van der Waals surface area (Å²) in [5, 5.41) is 3.80. The number of carbonyl (C=O) groups excluding carboxylic acids is 1. The van der Waals surface area contributed by atoms with Crippen LogP contribution in [0.15, 0.2) is 42.5 Å². The summed E-state index contributed by atoms with van der Waals surface area (Å²) in [6.45, 7) is 2.61. The molecule has 6 nitrogen and oxygen atoms in total. The largest absolute Gasteiger partial charge is 0.490 e. The van der Waals surface area contributed by atoms with E-state index in [1.165, 1.54) is 4.31 Å². The van der Waals surface area contributed by atoms with Gasteiger partial charge in [-0.2, -0.15) is 0 Å². The first-order valence-electron chi connectivity index (χ1n) is 9.06. The number of amides is 1. The van der Waals surface area contributed by atoms with Gasteiger partial charge in [-0.25, -0.2) is 8.42 Å². The predicted molar refractivity (Wildman–Crippen MR) is 118 cm³/mol. The second-order valence-electron chi connectivity index (χ2n) is 6.50. The van der Waals surface area contributed by atoms with Gasteiger partial charge in [-0.3, -0.25) is 9.10 Å². The molecule has 1 amide bonds. The van der Waals surface area contributed by atoms with E-state index in [1.54, 1.807) is 37.3 Å². The number of halogens is 2. The average molecular weight is 459 g/mol. The van der Waals surface area contributed by atoms with Crippen LogP contribution in [0.2, 0.25) is 10.0 Å². The number of hydrogen-bond donors (Lipinski definition) is 1. The van der Waals surface area contributed by atoms with Crippen LogP contribution in [0.3, 0.4) is 0 Å². The van der Waals surface area contributed by atoms with Gasteiger partial charge in [-0.1, -0.05) is 35.3 Å². The molecule has 0 aliphatic heterocycles. The number of ether oxygens (including phenoxy) is 1. The third-order valence-corrected chi connectivity index (χ3v) is 5.84. The van der Waals surface area contributed by atoms with Crippen LogP contribution in [0.25, 0.3) is 0 Å². The van der Waals surface area contributed by atoms with Gasteiger partial charge in [0.1, 0.15) is 12.4 Å². The Hall–Kier alpha value is -1.96. The van der Waals surface area contributed by atoms with E-state index >= 15 is 0 Å². The van der Waals surface area contributed by atoms with Crippen molar-refractivity contribution in [3.63, 3.8) is 0 Å². The van der Waals surface area contributed by atoms with Crippen LogP contribution in [0, 0.1) is 6.92 Å². The minimum absolute atomic E-state index is 0.172. The number of rotatable bonds is 10. The van der Waals surface area contributed by atoms with Crippen molar-refractivity contribution in [1.82, 2.24) is 5.32 Å². The Kier molecular flexibility index (Phi) is 8.61. The number of nitrogens with one attached hydrogen (secondary N) is 1. The van der Waals surface area contributed by atoms with Crippen LogP contribution in [0.4, 0.5) is 5.69 Å². The summed E-state index contributed by atoms with van der Waals surface area (Å²) >= 11 is 11.9. The van der Waals surface area contributed by atoms with Gasteiger partial charge in [-0.05, 0) is 49.2 Å². The molecule has 0 saturated carbocycles. The van der Waals surface area contributed by atoms with Crippen molar-refractivity contribution in [2.24, 2.45) is 0 Å². The molecule has 2 aromatic rings. The van der Waals surface area contributed by atoms with Crippen molar-refractivity contribution in [3.8, 4) is 5.75 Å². The van der Waals surface area contributed by atoms with Crippen molar-refractivity contribution in [3.05, 3.63) is 58.1 Å². The van der Waals surface area contributed by atoms with Crippen LogP contribution in [-0.2, 0) is 14.8 Å². The summed E-state index contributed by atoms with van der Waals surface area (Å²) in [5.74, 6) is 0.389. The molecule has 0 radical (unpaired) electrons. The fourth-order valence-corrected chi connectivity index (χ4v) is 4.19. The molecule has 0 atom stereocenters. The molecule has 0 aliphatic rings. The van der Waals surface area contributed by atoms with Gasteiger partial charge in [0.15, 0.2) is 0 Å². The van der Waals surface area contributed by atoms with E-state index in [4.69, 9.17) is 27.9 Å². The third kappa shape index (κ3) is 7.42. The minimum atomic E-state index is -3.48. The molecule has 2 aromatic carbocycles. The van der Waals surface area contributed by atoms with Crippen LogP contribution >= 0.6 is 23.2 Å². The van der Waals surface area contributed by atoms with Crippen molar-refractivity contribution in [2.45, 2.75) is 19.8 Å². The van der Waals surface area contributed by atoms with Gasteiger partial charge >= 0.3 is 0 Å². The van der Waals surface area contributed by atoms with E-state index in [2.05, 4.69) is 5.32 Å². The maximum Gasteiger partial charge on any atom is 0.232 e. The van der Waals surface area contributed by atoms with Gasteiger partial charge in [-0.15, -0.1) is 0 Å². The lowest BCUT2D eigenvalue weighted by molar-refractivity contribution is -0.121. The zero-order chi connectivity index (χ0) is 21.4. The Morgan fingerprint density at radius 2 is 1.90 bits per heavy atom. The number of benzene rings is 2. The maximum atomic E-state index is 12.2. The molecule has 2 rings (SSSR count). The van der Waals surface area contributed by atoms with E-state index in [-0.39, 0.29) is 25.5 Å². The van der Waals surface area contributed by atoms with Crippen molar-refractivity contribution in [1.29, 1.82) is 0 Å². The molecular weight excluding hydrogens is 435 g/mol. The van der Waals surface area contributed by atoms with Crippen molar-refractivity contribution >= 4 is 44.8 Å². The number of aryl methyl sites for hydroxylation is 1. The second-order valence-corrected chi connectivity index (χ2v) is 9.25. The van der Waals surface area contributed by atoms with E-state index in [0.29, 0.717) is 34.4 Å². The molecule has 0 bridgehead atoms. The summed E-state index contributed by atoms with van der Waals surface area (Å²) in [6.07, 6.45) is 1.73. The molecule has 0 spiro atoms. The maximum absolute atomic E-state index is 12.2. The fraction of sp³-hybridized carbons (Fsp3) is 0.350. The van der Waals surface area contributed by atoms with Crippen molar-refractivity contribution < 1.29 is 17.9 Å². The molecule has 0 fully saturated rings. The molecule has 0 heterocycles. The minimum Gasteiger partial charge on any atom is -0.490 e. The molecule has 0 saturated heterocycles. The highest BCUT2D eigenvalue weighted by molar-refractivity contribution is 7.92. The zero-order valence-corrected chi connectivity index (χ0v) is 18.6. The van der Waals surface area contributed by atoms with Crippen LogP contribution in [0.5, 0.6) is 5.75 Å². The number of carbonyl (C=O) groups is 1. The lowest BCUT2D eigenvalue weighted by Crippen LogP contribution is -2.33. The molecule has 0 unspecified atom stereocenters. The second kappa shape index (κ2) is 10.7. The summed E-state index contributed by atoms with van der Waals surface area (Å²) in [5.41, 5.74) is 1.31. The van der Waals surface area contributed by atoms with Gasteiger partial charge in [0.25, 0.3) is 0 Å². The molecule has 158 valence electrons. The summed E-state index contributed by atoms with van der Waals surface area (Å²) in [6, 6.07) is 12.1.